The fourth-order valence-electron chi connectivity index (χ4n) is 1.63. The van der Waals surface area contributed by atoms with E-state index in [4.69, 9.17) is 9.84 Å². The van der Waals surface area contributed by atoms with E-state index in [0.717, 1.165) is 25.7 Å². The Balaban J connectivity index is 2.43. The highest BCUT2D eigenvalue weighted by Crippen LogP contribution is 2.27. The lowest BCUT2D eigenvalue weighted by Crippen LogP contribution is -2.43. The van der Waals surface area contributed by atoms with Gasteiger partial charge in [0.15, 0.2) is 0 Å². The highest BCUT2D eigenvalue weighted by atomic mass is 16.5. The molecule has 17 heavy (non-hydrogen) atoms. The third-order valence-corrected chi connectivity index (χ3v) is 2.79. The predicted molar refractivity (Wildman–Crippen MR) is 62.7 cm³/mol. The number of amides is 1. The number of hydrogen-bond donors (Lipinski definition) is 1. The molecule has 1 saturated carbocycles. The summed E-state index contributed by atoms with van der Waals surface area (Å²) in [6.45, 7) is 4.08. The molecule has 1 amide bonds. The molecular formula is C12H21NO4. The first-order valence-corrected chi connectivity index (χ1v) is 6.20. The zero-order valence-corrected chi connectivity index (χ0v) is 10.5. The molecule has 1 rings (SSSR count). The molecule has 0 aromatic carbocycles. The van der Waals surface area contributed by atoms with E-state index in [1.807, 2.05) is 0 Å². The van der Waals surface area contributed by atoms with Crippen molar-refractivity contribution in [3.05, 3.63) is 0 Å². The number of carboxylic acids is 1. The van der Waals surface area contributed by atoms with Crippen molar-refractivity contribution < 1.29 is 19.4 Å². The second-order valence-corrected chi connectivity index (χ2v) is 4.46. The smallest absolute Gasteiger partial charge is 0.323 e. The molecule has 5 nitrogen and oxygen atoms in total. The average Bonchev–Trinajstić information content (AvgIpc) is 3.08. The first kappa shape index (κ1) is 14.0. The van der Waals surface area contributed by atoms with Crippen LogP contribution in [0.2, 0.25) is 0 Å². The van der Waals surface area contributed by atoms with Crippen molar-refractivity contribution in [2.24, 2.45) is 0 Å². The Labute approximate surface area is 102 Å². The maximum absolute atomic E-state index is 12.0. The molecule has 1 N–H and O–H groups in total. The maximum Gasteiger partial charge on any atom is 0.323 e. The summed E-state index contributed by atoms with van der Waals surface area (Å²) in [6, 6.07) is 0.107. The molecule has 0 aliphatic heterocycles. The summed E-state index contributed by atoms with van der Waals surface area (Å²) in [5.41, 5.74) is 0. The van der Waals surface area contributed by atoms with Gasteiger partial charge in [-0.3, -0.25) is 9.59 Å². The molecule has 1 aliphatic rings. The molecule has 5 heteroatoms. The van der Waals surface area contributed by atoms with Crippen LogP contribution < -0.4 is 0 Å². The maximum atomic E-state index is 12.0. The molecule has 0 spiro atoms. The number of carboxylic acid groups (broad SMARTS) is 1. The zero-order chi connectivity index (χ0) is 12.8. The van der Waals surface area contributed by atoms with Gasteiger partial charge in [0.05, 0.1) is 0 Å². The second-order valence-electron chi connectivity index (χ2n) is 4.46. The number of hydrogen-bond acceptors (Lipinski definition) is 3. The number of ether oxygens (including phenoxy) is 1. The average molecular weight is 243 g/mol. The SMILES string of the molecule is CCCCOC(C)C(=O)N(CC(=O)O)C1CC1. The Morgan fingerprint density at radius 3 is 2.59 bits per heavy atom. The molecule has 1 unspecified atom stereocenters. The molecular weight excluding hydrogens is 222 g/mol. The van der Waals surface area contributed by atoms with E-state index in [-0.39, 0.29) is 18.5 Å². The Bertz CT molecular complexity index is 276. The van der Waals surface area contributed by atoms with Crippen LogP contribution in [-0.2, 0) is 14.3 Å². The number of nitrogens with zero attached hydrogens (tertiary/aromatic N) is 1. The summed E-state index contributed by atoms with van der Waals surface area (Å²) < 4.78 is 5.40. The van der Waals surface area contributed by atoms with E-state index in [1.54, 1.807) is 6.92 Å². The van der Waals surface area contributed by atoms with Crippen molar-refractivity contribution in [2.75, 3.05) is 13.2 Å². The Morgan fingerprint density at radius 2 is 2.12 bits per heavy atom. The number of carbonyl (C=O) groups is 2. The van der Waals surface area contributed by atoms with Crippen LogP contribution in [0.25, 0.3) is 0 Å². The lowest BCUT2D eigenvalue weighted by molar-refractivity contribution is -0.150. The second kappa shape index (κ2) is 6.59. The van der Waals surface area contributed by atoms with Gasteiger partial charge in [-0.05, 0) is 26.2 Å². The highest BCUT2D eigenvalue weighted by Gasteiger charge is 2.35. The summed E-state index contributed by atoms with van der Waals surface area (Å²) in [7, 11) is 0. The molecule has 0 aromatic heterocycles. The first-order valence-electron chi connectivity index (χ1n) is 6.20. The van der Waals surface area contributed by atoms with E-state index < -0.39 is 12.1 Å². The van der Waals surface area contributed by atoms with E-state index in [0.29, 0.717) is 6.61 Å². The summed E-state index contributed by atoms with van der Waals surface area (Å²) in [5.74, 6) is -1.17. The van der Waals surface area contributed by atoms with Crippen molar-refractivity contribution in [1.29, 1.82) is 0 Å². The number of rotatable bonds is 8. The fourth-order valence-corrected chi connectivity index (χ4v) is 1.63. The first-order chi connectivity index (χ1) is 8.06. The monoisotopic (exact) mass is 243 g/mol. The normalized spacial score (nSPS) is 16.6. The van der Waals surface area contributed by atoms with Gasteiger partial charge in [-0.25, -0.2) is 0 Å². The largest absolute Gasteiger partial charge is 0.480 e. The van der Waals surface area contributed by atoms with Gasteiger partial charge in [0, 0.05) is 12.6 Å². The number of aliphatic carboxylic acids is 1. The molecule has 1 fully saturated rings. The standard InChI is InChI=1S/C12H21NO4/c1-3-4-7-17-9(2)12(16)13(8-11(14)15)10-5-6-10/h9-10H,3-8H2,1-2H3,(H,14,15). The summed E-state index contributed by atoms with van der Waals surface area (Å²) in [6.07, 6.45) is 3.20. The molecule has 1 atom stereocenters. The molecule has 0 heterocycles. The lowest BCUT2D eigenvalue weighted by atomic mass is 10.3. The van der Waals surface area contributed by atoms with Crippen LogP contribution in [0.1, 0.15) is 39.5 Å². The summed E-state index contributed by atoms with van der Waals surface area (Å²) in [5, 5.41) is 8.77. The van der Waals surface area contributed by atoms with Gasteiger partial charge in [0.25, 0.3) is 5.91 Å². The van der Waals surface area contributed by atoms with Crippen molar-refractivity contribution in [3.8, 4) is 0 Å². The van der Waals surface area contributed by atoms with Crippen LogP contribution in [0, 0.1) is 0 Å². The number of unbranched alkanes of at least 4 members (excludes halogenated alkanes) is 1. The number of carbonyl (C=O) groups excluding carboxylic acids is 1. The third kappa shape index (κ3) is 4.73. The van der Waals surface area contributed by atoms with Gasteiger partial charge < -0.3 is 14.7 Å². The van der Waals surface area contributed by atoms with Gasteiger partial charge in [-0.15, -0.1) is 0 Å². The van der Waals surface area contributed by atoms with E-state index in [9.17, 15) is 9.59 Å². The minimum Gasteiger partial charge on any atom is -0.480 e. The van der Waals surface area contributed by atoms with Gasteiger partial charge in [-0.1, -0.05) is 13.3 Å². The molecule has 0 saturated heterocycles. The highest BCUT2D eigenvalue weighted by molar-refractivity contribution is 5.85. The molecule has 98 valence electrons. The van der Waals surface area contributed by atoms with Crippen LogP contribution >= 0.6 is 0 Å². The van der Waals surface area contributed by atoms with E-state index in [1.165, 1.54) is 4.90 Å². The van der Waals surface area contributed by atoms with E-state index >= 15 is 0 Å². The summed E-state index contributed by atoms with van der Waals surface area (Å²) in [4.78, 5) is 24.1. The van der Waals surface area contributed by atoms with Gasteiger partial charge in [0.2, 0.25) is 0 Å². The van der Waals surface area contributed by atoms with Crippen LogP contribution in [0.3, 0.4) is 0 Å². The lowest BCUT2D eigenvalue weighted by Gasteiger charge is -2.24. The topological polar surface area (TPSA) is 66.8 Å². The van der Waals surface area contributed by atoms with Gasteiger partial charge in [-0.2, -0.15) is 0 Å². The molecule has 0 radical (unpaired) electrons. The van der Waals surface area contributed by atoms with Crippen molar-refractivity contribution in [3.63, 3.8) is 0 Å². The van der Waals surface area contributed by atoms with Crippen LogP contribution in [-0.4, -0.2) is 47.2 Å². The third-order valence-electron chi connectivity index (χ3n) is 2.79. The van der Waals surface area contributed by atoms with Gasteiger partial charge in [0.1, 0.15) is 12.6 Å². The Morgan fingerprint density at radius 1 is 1.47 bits per heavy atom. The minimum atomic E-state index is -0.967. The molecule has 0 aromatic rings. The van der Waals surface area contributed by atoms with Gasteiger partial charge >= 0.3 is 5.97 Å². The predicted octanol–water partition coefficient (Wildman–Crippen LogP) is 1.27. The fraction of sp³-hybridized carbons (Fsp3) is 0.833. The van der Waals surface area contributed by atoms with Crippen molar-refractivity contribution >= 4 is 11.9 Å². The van der Waals surface area contributed by atoms with Crippen molar-refractivity contribution in [2.45, 2.75) is 51.7 Å². The van der Waals surface area contributed by atoms with E-state index in [2.05, 4.69) is 6.92 Å². The Hall–Kier alpha value is -1.10. The van der Waals surface area contributed by atoms with Crippen molar-refractivity contribution in [1.82, 2.24) is 4.90 Å². The summed E-state index contributed by atoms with van der Waals surface area (Å²) >= 11 is 0. The Kier molecular flexibility index (Phi) is 5.41. The molecule has 1 aliphatic carbocycles. The quantitative estimate of drug-likeness (QED) is 0.652. The minimum absolute atomic E-state index is 0.107. The molecule has 0 bridgehead atoms. The zero-order valence-electron chi connectivity index (χ0n) is 10.5. The van der Waals surface area contributed by atoms with Crippen LogP contribution in [0.15, 0.2) is 0 Å². The van der Waals surface area contributed by atoms with Crippen LogP contribution in [0.5, 0.6) is 0 Å². The van der Waals surface area contributed by atoms with Crippen LogP contribution in [0.4, 0.5) is 0 Å².